The Kier molecular flexibility index (Phi) is 3.52. The van der Waals surface area contributed by atoms with E-state index in [0.717, 1.165) is 30.2 Å². The smallest absolute Gasteiger partial charge is 0.144 e. The van der Waals surface area contributed by atoms with Crippen LogP contribution < -0.4 is 5.32 Å². The molecule has 3 nitrogen and oxygen atoms in total. The summed E-state index contributed by atoms with van der Waals surface area (Å²) >= 11 is 0. The van der Waals surface area contributed by atoms with E-state index in [9.17, 15) is 0 Å². The number of hydrogen-bond donors (Lipinski definition) is 1. The molecule has 3 heteroatoms. The van der Waals surface area contributed by atoms with Crippen molar-refractivity contribution in [3.8, 4) is 11.4 Å². The monoisotopic (exact) mass is 265 g/mol. The Balaban J connectivity index is 2.13. The molecule has 0 unspecified atom stereocenters. The summed E-state index contributed by atoms with van der Waals surface area (Å²) < 4.78 is 2.16. The van der Waals surface area contributed by atoms with E-state index in [1.54, 1.807) is 0 Å². The van der Waals surface area contributed by atoms with Crippen molar-refractivity contribution in [3.05, 3.63) is 59.9 Å². The van der Waals surface area contributed by atoms with Gasteiger partial charge in [0.2, 0.25) is 0 Å². The van der Waals surface area contributed by atoms with Crippen molar-refractivity contribution < 1.29 is 0 Å². The third-order valence-corrected chi connectivity index (χ3v) is 3.48. The van der Waals surface area contributed by atoms with Gasteiger partial charge in [-0.15, -0.1) is 0 Å². The Hall–Kier alpha value is -2.13. The van der Waals surface area contributed by atoms with E-state index in [4.69, 9.17) is 4.98 Å². The number of pyridine rings is 1. The molecule has 0 saturated heterocycles. The fraction of sp³-hybridized carbons (Fsp3) is 0.235. The third kappa shape index (κ3) is 2.32. The SMILES string of the molecule is CCNCc1nc(-c2ccc(C)cc2)n2ccccc12. The molecular weight excluding hydrogens is 246 g/mol. The molecular formula is C17H19N3. The molecule has 0 aliphatic heterocycles. The predicted octanol–water partition coefficient (Wildman–Crippen LogP) is 3.42. The van der Waals surface area contributed by atoms with Crippen LogP contribution in [-0.2, 0) is 6.54 Å². The quantitative estimate of drug-likeness (QED) is 0.783. The first-order valence-corrected chi connectivity index (χ1v) is 7.03. The summed E-state index contributed by atoms with van der Waals surface area (Å²) in [5.74, 6) is 1.01. The van der Waals surface area contributed by atoms with E-state index in [2.05, 4.69) is 66.2 Å². The lowest BCUT2D eigenvalue weighted by Gasteiger charge is -2.01. The minimum absolute atomic E-state index is 0.801. The summed E-state index contributed by atoms with van der Waals surface area (Å²) in [4.78, 5) is 4.83. The average molecular weight is 265 g/mol. The molecule has 0 atom stereocenters. The van der Waals surface area contributed by atoms with Crippen LogP contribution in [0.2, 0.25) is 0 Å². The van der Waals surface area contributed by atoms with Crippen LogP contribution in [0.5, 0.6) is 0 Å². The van der Waals surface area contributed by atoms with Gasteiger partial charge in [-0.1, -0.05) is 42.8 Å². The average Bonchev–Trinajstić information content (AvgIpc) is 2.85. The first-order chi connectivity index (χ1) is 9.79. The summed E-state index contributed by atoms with van der Waals surface area (Å²) in [5.41, 5.74) is 4.69. The number of aromatic nitrogens is 2. The van der Waals surface area contributed by atoms with Gasteiger partial charge in [0.05, 0.1) is 11.2 Å². The Labute approximate surface area is 119 Å². The highest BCUT2D eigenvalue weighted by atomic mass is 15.0. The second kappa shape index (κ2) is 5.47. The maximum absolute atomic E-state index is 4.83. The fourth-order valence-electron chi connectivity index (χ4n) is 2.38. The van der Waals surface area contributed by atoms with E-state index in [-0.39, 0.29) is 0 Å². The minimum atomic E-state index is 0.801. The summed E-state index contributed by atoms with van der Waals surface area (Å²) in [6.45, 7) is 5.96. The third-order valence-electron chi connectivity index (χ3n) is 3.48. The molecule has 1 N–H and O–H groups in total. The second-order valence-corrected chi connectivity index (χ2v) is 4.98. The lowest BCUT2D eigenvalue weighted by atomic mass is 10.1. The maximum Gasteiger partial charge on any atom is 0.144 e. The van der Waals surface area contributed by atoms with Gasteiger partial charge in [-0.3, -0.25) is 4.40 Å². The van der Waals surface area contributed by atoms with Crippen molar-refractivity contribution in [2.75, 3.05) is 6.54 Å². The summed E-state index contributed by atoms with van der Waals surface area (Å²) in [5, 5.41) is 3.35. The zero-order valence-corrected chi connectivity index (χ0v) is 11.9. The number of rotatable bonds is 4. The van der Waals surface area contributed by atoms with Crippen molar-refractivity contribution in [1.29, 1.82) is 0 Å². The summed E-state index contributed by atoms with van der Waals surface area (Å²) in [6, 6.07) is 14.8. The molecule has 20 heavy (non-hydrogen) atoms. The number of hydrogen-bond acceptors (Lipinski definition) is 2. The number of aryl methyl sites for hydroxylation is 1. The minimum Gasteiger partial charge on any atom is -0.311 e. The number of imidazole rings is 1. The van der Waals surface area contributed by atoms with Crippen molar-refractivity contribution >= 4 is 5.52 Å². The molecule has 0 radical (unpaired) electrons. The zero-order chi connectivity index (χ0) is 13.9. The number of nitrogens with one attached hydrogen (secondary N) is 1. The molecule has 0 amide bonds. The topological polar surface area (TPSA) is 29.3 Å². The Morgan fingerprint density at radius 3 is 2.65 bits per heavy atom. The Morgan fingerprint density at radius 1 is 1.10 bits per heavy atom. The Bertz CT molecular complexity index is 711. The molecule has 0 bridgehead atoms. The molecule has 0 saturated carbocycles. The van der Waals surface area contributed by atoms with Gasteiger partial charge in [-0.2, -0.15) is 0 Å². The fourth-order valence-corrected chi connectivity index (χ4v) is 2.38. The van der Waals surface area contributed by atoms with Crippen LogP contribution in [0.15, 0.2) is 48.7 Å². The van der Waals surface area contributed by atoms with Crippen LogP contribution in [0.3, 0.4) is 0 Å². The molecule has 3 aromatic rings. The molecule has 0 aliphatic carbocycles. The number of fused-ring (bicyclic) bond motifs is 1. The highest BCUT2D eigenvalue weighted by Gasteiger charge is 2.11. The van der Waals surface area contributed by atoms with E-state index in [1.165, 1.54) is 11.1 Å². The van der Waals surface area contributed by atoms with E-state index in [0.29, 0.717) is 0 Å². The van der Waals surface area contributed by atoms with E-state index >= 15 is 0 Å². The van der Waals surface area contributed by atoms with Crippen LogP contribution in [0, 0.1) is 6.92 Å². The lowest BCUT2D eigenvalue weighted by molar-refractivity contribution is 0.718. The summed E-state index contributed by atoms with van der Waals surface area (Å²) in [6.07, 6.45) is 2.08. The zero-order valence-electron chi connectivity index (χ0n) is 11.9. The largest absolute Gasteiger partial charge is 0.311 e. The van der Waals surface area contributed by atoms with Gasteiger partial charge in [-0.25, -0.2) is 4.98 Å². The van der Waals surface area contributed by atoms with Gasteiger partial charge >= 0.3 is 0 Å². The lowest BCUT2D eigenvalue weighted by Crippen LogP contribution is -2.12. The van der Waals surface area contributed by atoms with Gasteiger partial charge in [0, 0.05) is 18.3 Å². The molecule has 102 valence electrons. The van der Waals surface area contributed by atoms with Crippen molar-refractivity contribution in [2.24, 2.45) is 0 Å². The highest BCUT2D eigenvalue weighted by Crippen LogP contribution is 2.23. The predicted molar refractivity (Wildman–Crippen MR) is 82.7 cm³/mol. The Morgan fingerprint density at radius 2 is 1.90 bits per heavy atom. The molecule has 0 aliphatic rings. The maximum atomic E-state index is 4.83. The molecule has 0 spiro atoms. The summed E-state index contributed by atoms with van der Waals surface area (Å²) in [7, 11) is 0. The molecule has 2 heterocycles. The molecule has 3 rings (SSSR count). The van der Waals surface area contributed by atoms with Crippen molar-refractivity contribution in [3.63, 3.8) is 0 Å². The van der Waals surface area contributed by atoms with Gasteiger partial charge in [-0.05, 0) is 25.6 Å². The number of benzene rings is 1. The van der Waals surface area contributed by atoms with Crippen LogP contribution in [-0.4, -0.2) is 15.9 Å². The van der Waals surface area contributed by atoms with Crippen LogP contribution in [0.1, 0.15) is 18.2 Å². The molecule has 0 fully saturated rings. The van der Waals surface area contributed by atoms with Crippen LogP contribution >= 0.6 is 0 Å². The van der Waals surface area contributed by atoms with Crippen molar-refractivity contribution in [1.82, 2.24) is 14.7 Å². The number of nitrogens with zero attached hydrogens (tertiary/aromatic N) is 2. The normalized spacial score (nSPS) is 11.1. The second-order valence-electron chi connectivity index (χ2n) is 4.98. The van der Waals surface area contributed by atoms with Crippen molar-refractivity contribution in [2.45, 2.75) is 20.4 Å². The van der Waals surface area contributed by atoms with Gasteiger partial charge < -0.3 is 5.32 Å². The van der Waals surface area contributed by atoms with Gasteiger partial charge in [0.1, 0.15) is 5.82 Å². The first kappa shape index (κ1) is 12.9. The standard InChI is InChI=1S/C17H19N3/c1-3-18-12-15-16-6-4-5-11-20(16)17(19-15)14-9-7-13(2)8-10-14/h4-11,18H,3,12H2,1-2H3. The van der Waals surface area contributed by atoms with Crippen LogP contribution in [0.4, 0.5) is 0 Å². The van der Waals surface area contributed by atoms with E-state index in [1.807, 2.05) is 6.07 Å². The molecule has 2 aromatic heterocycles. The van der Waals surface area contributed by atoms with Gasteiger partial charge in [0.15, 0.2) is 0 Å². The van der Waals surface area contributed by atoms with Gasteiger partial charge in [0.25, 0.3) is 0 Å². The first-order valence-electron chi connectivity index (χ1n) is 7.03. The van der Waals surface area contributed by atoms with E-state index < -0.39 is 0 Å². The van der Waals surface area contributed by atoms with Crippen LogP contribution in [0.25, 0.3) is 16.9 Å². The molecule has 1 aromatic carbocycles. The highest BCUT2D eigenvalue weighted by molar-refractivity contribution is 5.65.